The lowest BCUT2D eigenvalue weighted by Gasteiger charge is -2.21. The molecule has 0 bridgehead atoms. The molecule has 1 aliphatic rings. The predicted molar refractivity (Wildman–Crippen MR) is 122 cm³/mol. The highest BCUT2D eigenvalue weighted by molar-refractivity contribution is 7.20. The van der Waals surface area contributed by atoms with Gasteiger partial charge in [0.2, 0.25) is 0 Å². The molecule has 1 aromatic carbocycles. The van der Waals surface area contributed by atoms with Gasteiger partial charge in [-0.3, -0.25) is 9.36 Å². The van der Waals surface area contributed by atoms with Crippen LogP contribution in [0.1, 0.15) is 70.2 Å². The normalized spacial score (nSPS) is 14.4. The Labute approximate surface area is 190 Å². The molecule has 1 aliphatic carbocycles. The number of benzene rings is 1. The Morgan fingerprint density at radius 2 is 1.84 bits per heavy atom. The van der Waals surface area contributed by atoms with Crippen molar-refractivity contribution in [1.29, 1.82) is 0 Å². The molecule has 1 saturated carbocycles. The number of fused-ring (bicyclic) bond motifs is 1. The van der Waals surface area contributed by atoms with Crippen LogP contribution in [0.3, 0.4) is 0 Å². The summed E-state index contributed by atoms with van der Waals surface area (Å²) in [7, 11) is 0. The molecule has 0 spiro atoms. The zero-order valence-electron chi connectivity index (χ0n) is 18.3. The monoisotopic (exact) mass is 454 g/mol. The minimum Gasteiger partial charge on any atom is -0.462 e. The van der Waals surface area contributed by atoms with Gasteiger partial charge in [0.1, 0.15) is 15.8 Å². The summed E-state index contributed by atoms with van der Waals surface area (Å²) >= 11 is 1.21. The Hall–Kier alpha value is -3.00. The van der Waals surface area contributed by atoms with Crippen LogP contribution in [0.4, 0.5) is 0 Å². The van der Waals surface area contributed by atoms with E-state index in [-0.39, 0.29) is 23.6 Å². The van der Waals surface area contributed by atoms with Gasteiger partial charge in [-0.05, 0) is 62.8 Å². The summed E-state index contributed by atoms with van der Waals surface area (Å²) in [6, 6.07) is 6.94. The number of nitrogens with zero attached hydrogens (tertiary/aromatic N) is 2. The van der Waals surface area contributed by atoms with Crippen molar-refractivity contribution in [2.45, 2.75) is 58.6 Å². The Morgan fingerprint density at radius 3 is 2.53 bits per heavy atom. The van der Waals surface area contributed by atoms with Crippen LogP contribution in [0, 0.1) is 6.92 Å². The summed E-state index contributed by atoms with van der Waals surface area (Å²) in [5.41, 5.74) is 1.74. The first kappa shape index (κ1) is 22.2. The van der Waals surface area contributed by atoms with Crippen LogP contribution in [0.25, 0.3) is 10.2 Å². The first-order chi connectivity index (χ1) is 15.5. The minimum atomic E-state index is -0.374. The summed E-state index contributed by atoms with van der Waals surface area (Å²) in [5, 5.41) is 0.455. The maximum absolute atomic E-state index is 13.1. The fourth-order valence-corrected chi connectivity index (χ4v) is 5.03. The second kappa shape index (κ2) is 9.65. The van der Waals surface area contributed by atoms with Crippen molar-refractivity contribution >= 4 is 33.5 Å². The van der Waals surface area contributed by atoms with Crippen molar-refractivity contribution in [2.75, 3.05) is 6.61 Å². The standard InChI is InChI=1S/C24H26N2O5S/c1-3-30-23(28)17-11-9-16(10-12-17)13-26-14-25-21-19(22(26)27)15(2)20(32-21)24(29)31-18-7-5-4-6-8-18/h9-12,14,18H,3-8,13H2,1-2H3. The number of carbonyl (C=O) groups excluding carboxylic acids is 2. The molecule has 0 amide bonds. The van der Waals surface area contributed by atoms with Gasteiger partial charge >= 0.3 is 11.9 Å². The third-order valence-electron chi connectivity index (χ3n) is 5.75. The van der Waals surface area contributed by atoms with Crippen molar-refractivity contribution in [3.05, 3.63) is 62.5 Å². The second-order valence-corrected chi connectivity index (χ2v) is 9.00. The fraction of sp³-hybridized carbons (Fsp3) is 0.417. The van der Waals surface area contributed by atoms with Crippen LogP contribution in [0.15, 0.2) is 35.4 Å². The lowest BCUT2D eigenvalue weighted by Crippen LogP contribution is -2.22. The third kappa shape index (κ3) is 4.60. The number of ether oxygens (including phenoxy) is 2. The van der Waals surface area contributed by atoms with Gasteiger partial charge in [-0.25, -0.2) is 14.6 Å². The number of thiophene rings is 1. The predicted octanol–water partition coefficient (Wildman–Crippen LogP) is 4.48. The Kier molecular flexibility index (Phi) is 6.69. The van der Waals surface area contributed by atoms with E-state index in [0.717, 1.165) is 31.2 Å². The van der Waals surface area contributed by atoms with Gasteiger partial charge < -0.3 is 9.47 Å². The van der Waals surface area contributed by atoms with Crippen molar-refractivity contribution in [3.63, 3.8) is 0 Å². The van der Waals surface area contributed by atoms with Crippen molar-refractivity contribution in [2.24, 2.45) is 0 Å². The van der Waals surface area contributed by atoms with Crippen LogP contribution < -0.4 is 5.56 Å². The third-order valence-corrected chi connectivity index (χ3v) is 6.93. The number of hydrogen-bond acceptors (Lipinski definition) is 7. The van der Waals surface area contributed by atoms with Crippen LogP contribution in [0.2, 0.25) is 0 Å². The van der Waals surface area contributed by atoms with Crippen LogP contribution in [0.5, 0.6) is 0 Å². The maximum atomic E-state index is 13.1. The lowest BCUT2D eigenvalue weighted by atomic mass is 9.98. The molecule has 7 nitrogen and oxygen atoms in total. The molecule has 168 valence electrons. The fourth-order valence-electron chi connectivity index (χ4n) is 4.01. The molecule has 3 aromatic rings. The Morgan fingerprint density at radius 1 is 1.12 bits per heavy atom. The molecule has 0 radical (unpaired) electrons. The van der Waals surface area contributed by atoms with Gasteiger partial charge in [0.05, 0.1) is 30.4 Å². The highest BCUT2D eigenvalue weighted by Gasteiger charge is 2.24. The van der Waals surface area contributed by atoms with Crippen molar-refractivity contribution < 1.29 is 19.1 Å². The van der Waals surface area contributed by atoms with Crippen LogP contribution in [-0.2, 0) is 16.0 Å². The number of rotatable bonds is 6. The molecule has 0 unspecified atom stereocenters. The van der Waals surface area contributed by atoms with E-state index in [1.807, 2.05) is 0 Å². The average molecular weight is 455 g/mol. The van der Waals surface area contributed by atoms with E-state index in [0.29, 0.717) is 39.4 Å². The van der Waals surface area contributed by atoms with E-state index in [1.165, 1.54) is 28.7 Å². The number of esters is 2. The largest absolute Gasteiger partial charge is 0.462 e. The van der Waals surface area contributed by atoms with Gasteiger partial charge in [-0.15, -0.1) is 11.3 Å². The molecule has 32 heavy (non-hydrogen) atoms. The number of hydrogen-bond donors (Lipinski definition) is 0. The molecule has 0 N–H and O–H groups in total. The Bertz CT molecular complexity index is 1190. The summed E-state index contributed by atoms with van der Waals surface area (Å²) in [4.78, 5) is 43.1. The SMILES string of the molecule is CCOC(=O)c1ccc(Cn2cnc3sc(C(=O)OC4CCCCC4)c(C)c3c2=O)cc1. The molecule has 8 heteroatoms. The van der Waals surface area contributed by atoms with Crippen LogP contribution >= 0.6 is 11.3 Å². The number of aryl methyl sites for hydroxylation is 1. The first-order valence-corrected chi connectivity index (χ1v) is 11.7. The maximum Gasteiger partial charge on any atom is 0.348 e. The van der Waals surface area contributed by atoms with E-state index in [1.54, 1.807) is 38.1 Å². The number of carbonyl (C=O) groups is 2. The minimum absolute atomic E-state index is 0.0388. The van der Waals surface area contributed by atoms with Crippen molar-refractivity contribution in [1.82, 2.24) is 9.55 Å². The van der Waals surface area contributed by atoms with Gasteiger partial charge in [0, 0.05) is 0 Å². The van der Waals surface area contributed by atoms with E-state index >= 15 is 0 Å². The number of aromatic nitrogens is 2. The van der Waals surface area contributed by atoms with Gasteiger partial charge in [0.25, 0.3) is 5.56 Å². The summed E-state index contributed by atoms with van der Waals surface area (Å²) < 4.78 is 12.2. The first-order valence-electron chi connectivity index (χ1n) is 10.9. The summed E-state index contributed by atoms with van der Waals surface area (Å²) in [6.45, 7) is 4.16. The Balaban J connectivity index is 1.56. The van der Waals surface area contributed by atoms with Crippen molar-refractivity contribution in [3.8, 4) is 0 Å². The summed E-state index contributed by atoms with van der Waals surface area (Å²) in [5.74, 6) is -0.737. The highest BCUT2D eigenvalue weighted by Crippen LogP contribution is 2.29. The quantitative estimate of drug-likeness (QED) is 0.510. The molecule has 4 rings (SSSR count). The molecule has 1 fully saturated rings. The van der Waals surface area contributed by atoms with E-state index < -0.39 is 0 Å². The van der Waals surface area contributed by atoms with Crippen LogP contribution in [-0.4, -0.2) is 34.2 Å². The van der Waals surface area contributed by atoms with E-state index in [2.05, 4.69) is 4.98 Å². The molecular formula is C24H26N2O5S. The molecule has 0 aliphatic heterocycles. The smallest absolute Gasteiger partial charge is 0.348 e. The van der Waals surface area contributed by atoms with Gasteiger partial charge in [0.15, 0.2) is 0 Å². The molecule has 2 heterocycles. The average Bonchev–Trinajstić information content (AvgIpc) is 3.14. The molecule has 0 atom stereocenters. The molecule has 2 aromatic heterocycles. The van der Waals surface area contributed by atoms with E-state index in [9.17, 15) is 14.4 Å². The molecule has 0 saturated heterocycles. The highest BCUT2D eigenvalue weighted by atomic mass is 32.1. The topological polar surface area (TPSA) is 87.5 Å². The zero-order chi connectivity index (χ0) is 22.7. The lowest BCUT2D eigenvalue weighted by molar-refractivity contribution is 0.0216. The second-order valence-electron chi connectivity index (χ2n) is 8.00. The van der Waals surface area contributed by atoms with E-state index in [4.69, 9.17) is 9.47 Å². The zero-order valence-corrected chi connectivity index (χ0v) is 19.1. The van der Waals surface area contributed by atoms with Gasteiger partial charge in [-0.2, -0.15) is 0 Å². The molecular weight excluding hydrogens is 428 g/mol. The van der Waals surface area contributed by atoms with Gasteiger partial charge in [-0.1, -0.05) is 18.6 Å². The summed E-state index contributed by atoms with van der Waals surface area (Å²) in [6.07, 6.45) is 6.60.